The second-order valence-electron chi connectivity index (χ2n) is 9.17. The van der Waals surface area contributed by atoms with Gasteiger partial charge in [-0.25, -0.2) is 12.8 Å². The van der Waals surface area contributed by atoms with Gasteiger partial charge in [-0.2, -0.15) is 5.26 Å². The first kappa shape index (κ1) is 23.4. The Bertz CT molecular complexity index is 1550. The lowest BCUT2D eigenvalue weighted by Gasteiger charge is -2.20. The van der Waals surface area contributed by atoms with Crippen LogP contribution in [0.4, 0.5) is 10.1 Å². The molecule has 3 aromatic carbocycles. The van der Waals surface area contributed by atoms with E-state index in [2.05, 4.69) is 9.71 Å². The molecule has 0 amide bonds. The molecule has 4 aromatic rings. The first-order valence-corrected chi connectivity index (χ1v) is 12.2. The van der Waals surface area contributed by atoms with Crippen LogP contribution >= 0.6 is 0 Å². The average molecular weight is 474 g/mol. The smallest absolute Gasteiger partial charge is 0.261 e. The second kappa shape index (κ2) is 8.54. The summed E-state index contributed by atoms with van der Waals surface area (Å²) in [6.07, 6.45) is 1.64. The summed E-state index contributed by atoms with van der Waals surface area (Å²) in [5.74, 6) is -0.792. The van der Waals surface area contributed by atoms with Crippen molar-refractivity contribution in [2.75, 3.05) is 4.72 Å². The molecule has 0 aliphatic carbocycles. The van der Waals surface area contributed by atoms with Crippen molar-refractivity contribution >= 4 is 26.6 Å². The quantitative estimate of drug-likeness (QED) is 0.376. The Morgan fingerprint density at radius 3 is 2.35 bits per heavy atom. The average Bonchev–Trinajstić information content (AvgIpc) is 2.80. The van der Waals surface area contributed by atoms with Gasteiger partial charge in [-0.15, -0.1) is 0 Å². The highest BCUT2D eigenvalue weighted by Crippen LogP contribution is 2.38. The van der Waals surface area contributed by atoms with Gasteiger partial charge in [0.1, 0.15) is 6.07 Å². The summed E-state index contributed by atoms with van der Waals surface area (Å²) in [6.45, 7) is 8.02. The van der Waals surface area contributed by atoms with Gasteiger partial charge in [0.25, 0.3) is 10.0 Å². The number of halogens is 1. The highest BCUT2D eigenvalue weighted by Gasteiger charge is 2.23. The van der Waals surface area contributed by atoms with E-state index in [4.69, 9.17) is 0 Å². The lowest BCUT2D eigenvalue weighted by atomic mass is 9.87. The van der Waals surface area contributed by atoms with Gasteiger partial charge in [-0.3, -0.25) is 9.71 Å². The number of nitrogens with zero attached hydrogens (tertiary/aromatic N) is 2. The lowest BCUT2D eigenvalue weighted by molar-refractivity contribution is 0.587. The van der Waals surface area contributed by atoms with Gasteiger partial charge in [0.05, 0.1) is 21.7 Å². The number of rotatable bonds is 4. The van der Waals surface area contributed by atoms with Crippen LogP contribution in [0.15, 0.2) is 71.8 Å². The van der Waals surface area contributed by atoms with Crippen molar-refractivity contribution in [2.24, 2.45) is 0 Å². The minimum atomic E-state index is -4.02. The molecule has 0 aliphatic heterocycles. The molecule has 172 valence electrons. The Balaban J connectivity index is 1.88. The first-order valence-electron chi connectivity index (χ1n) is 10.7. The second-order valence-corrected chi connectivity index (χ2v) is 10.9. The van der Waals surface area contributed by atoms with Gasteiger partial charge < -0.3 is 0 Å². The van der Waals surface area contributed by atoms with Crippen LogP contribution in [-0.4, -0.2) is 13.4 Å². The van der Waals surface area contributed by atoms with Gasteiger partial charge in [0.15, 0.2) is 5.82 Å². The van der Waals surface area contributed by atoms with Crippen LogP contribution in [0, 0.1) is 24.1 Å². The van der Waals surface area contributed by atoms with Crippen molar-refractivity contribution in [2.45, 2.75) is 38.0 Å². The van der Waals surface area contributed by atoms with E-state index in [0.717, 1.165) is 11.1 Å². The summed E-state index contributed by atoms with van der Waals surface area (Å²) in [7, 11) is -4.02. The van der Waals surface area contributed by atoms with E-state index in [1.54, 1.807) is 42.6 Å². The lowest BCUT2D eigenvalue weighted by Crippen LogP contribution is -2.16. The van der Waals surface area contributed by atoms with Crippen LogP contribution in [0.25, 0.3) is 22.0 Å². The third-order valence-electron chi connectivity index (χ3n) is 5.78. The number of nitrogens with one attached hydrogen (secondary N) is 1. The molecule has 0 saturated heterocycles. The fourth-order valence-corrected chi connectivity index (χ4v) is 4.95. The third kappa shape index (κ3) is 4.25. The molecule has 1 N–H and O–H groups in total. The van der Waals surface area contributed by atoms with Crippen molar-refractivity contribution in [1.82, 2.24) is 4.98 Å². The largest absolute Gasteiger partial charge is 0.279 e. The molecule has 1 heterocycles. The van der Waals surface area contributed by atoms with Gasteiger partial charge in [-0.05, 0) is 59.4 Å². The van der Waals surface area contributed by atoms with Gasteiger partial charge in [-0.1, -0.05) is 51.1 Å². The number of aryl methyl sites for hydroxylation is 1. The molecular formula is C27H24FN3O2S. The maximum absolute atomic E-state index is 15.5. The number of pyridine rings is 1. The molecule has 34 heavy (non-hydrogen) atoms. The highest BCUT2D eigenvalue weighted by atomic mass is 32.2. The normalized spacial score (nSPS) is 11.9. The van der Waals surface area contributed by atoms with Crippen molar-refractivity contribution < 1.29 is 12.8 Å². The summed E-state index contributed by atoms with van der Waals surface area (Å²) >= 11 is 0. The number of aromatic nitrogens is 1. The summed E-state index contributed by atoms with van der Waals surface area (Å²) in [5, 5.41) is 10.1. The van der Waals surface area contributed by atoms with Crippen molar-refractivity contribution in [3.8, 4) is 17.2 Å². The summed E-state index contributed by atoms with van der Waals surface area (Å²) in [4.78, 5) is 4.45. The molecule has 0 radical (unpaired) electrons. The number of hydrogen-bond donors (Lipinski definition) is 1. The molecule has 0 aliphatic rings. The Kier molecular flexibility index (Phi) is 5.88. The maximum Gasteiger partial charge on any atom is 0.261 e. The number of nitriles is 1. The van der Waals surface area contributed by atoms with Crippen LogP contribution in [0.2, 0.25) is 0 Å². The molecule has 0 bridgehead atoms. The monoisotopic (exact) mass is 473 g/mol. The Morgan fingerprint density at radius 2 is 1.71 bits per heavy atom. The van der Waals surface area contributed by atoms with E-state index in [0.29, 0.717) is 16.5 Å². The predicted molar refractivity (Wildman–Crippen MR) is 133 cm³/mol. The van der Waals surface area contributed by atoms with Crippen LogP contribution < -0.4 is 4.72 Å². The van der Waals surface area contributed by atoms with E-state index >= 15 is 4.39 Å². The van der Waals surface area contributed by atoms with Crippen LogP contribution in [0.3, 0.4) is 0 Å². The standard InChI is InChI=1S/C27H24FN3O2S/c1-17-7-13-21(22-6-5-15-30-26(17)22)24-23(14-8-18(16-29)25(24)28)31-34(32,33)20-11-9-19(10-12-20)27(2,3)4/h5-15,31H,1-4H3. The van der Waals surface area contributed by atoms with Crippen LogP contribution in [0.1, 0.15) is 37.5 Å². The molecule has 0 unspecified atom stereocenters. The fourth-order valence-electron chi connectivity index (χ4n) is 3.88. The van der Waals surface area contributed by atoms with Crippen molar-refractivity contribution in [1.29, 1.82) is 5.26 Å². The molecule has 4 rings (SSSR count). The zero-order valence-electron chi connectivity index (χ0n) is 19.3. The van der Waals surface area contributed by atoms with Gasteiger partial charge in [0.2, 0.25) is 0 Å². The third-order valence-corrected chi connectivity index (χ3v) is 7.16. The Hall–Kier alpha value is -3.76. The van der Waals surface area contributed by atoms with Crippen molar-refractivity contribution in [3.05, 3.63) is 89.4 Å². The van der Waals surface area contributed by atoms with Crippen molar-refractivity contribution in [3.63, 3.8) is 0 Å². The molecule has 0 saturated carbocycles. The van der Waals surface area contributed by atoms with E-state index in [9.17, 15) is 13.7 Å². The minimum Gasteiger partial charge on any atom is -0.279 e. The molecule has 1 aromatic heterocycles. The van der Waals surface area contributed by atoms with E-state index < -0.39 is 15.8 Å². The van der Waals surface area contributed by atoms with Crippen LogP contribution in [-0.2, 0) is 15.4 Å². The fraction of sp³-hybridized carbons (Fsp3) is 0.185. The SMILES string of the molecule is Cc1ccc(-c2c(NS(=O)(=O)c3ccc(C(C)(C)C)cc3)ccc(C#N)c2F)c2cccnc12. The molecule has 0 fully saturated rings. The van der Waals surface area contributed by atoms with Gasteiger partial charge >= 0.3 is 0 Å². The minimum absolute atomic E-state index is 0.00642. The summed E-state index contributed by atoms with van der Waals surface area (Å²) < 4.78 is 44.5. The molecule has 7 heteroatoms. The zero-order valence-corrected chi connectivity index (χ0v) is 20.2. The predicted octanol–water partition coefficient (Wildman–Crippen LogP) is 6.32. The molecule has 5 nitrogen and oxygen atoms in total. The van der Waals surface area contributed by atoms with Gasteiger partial charge in [0, 0.05) is 17.1 Å². The Labute approximate surface area is 199 Å². The summed E-state index contributed by atoms with van der Waals surface area (Å²) in [5.41, 5.74) is 2.77. The highest BCUT2D eigenvalue weighted by molar-refractivity contribution is 7.92. The zero-order chi connectivity index (χ0) is 24.7. The molecule has 0 spiro atoms. The van der Waals surface area contributed by atoms with E-state index in [1.165, 1.54) is 24.3 Å². The van der Waals surface area contributed by atoms with Crippen LogP contribution in [0.5, 0.6) is 0 Å². The molecule has 0 atom stereocenters. The van der Waals surface area contributed by atoms with E-state index in [1.807, 2.05) is 33.8 Å². The first-order chi connectivity index (χ1) is 16.0. The number of benzene rings is 3. The number of fused-ring (bicyclic) bond motifs is 1. The number of hydrogen-bond acceptors (Lipinski definition) is 4. The Morgan fingerprint density at radius 1 is 1.00 bits per heavy atom. The number of anilines is 1. The van der Waals surface area contributed by atoms with E-state index in [-0.39, 0.29) is 27.1 Å². The maximum atomic E-state index is 15.5. The number of sulfonamides is 1. The molecular weight excluding hydrogens is 449 g/mol. The topological polar surface area (TPSA) is 82.9 Å². The summed E-state index contributed by atoms with van der Waals surface area (Å²) in [6, 6.07) is 18.2.